The Hall–Kier alpha value is -4.08. The molecule has 1 N–H and O–H groups in total. The number of nitriles is 1. The quantitative estimate of drug-likeness (QED) is 0.443. The Morgan fingerprint density at radius 3 is 2.15 bits per heavy atom. The maximum Gasteiger partial charge on any atom is 0.223 e. The fourth-order valence-corrected chi connectivity index (χ4v) is 4.51. The highest BCUT2D eigenvalue weighted by atomic mass is 15.3. The van der Waals surface area contributed by atoms with E-state index in [2.05, 4.69) is 86.9 Å². The van der Waals surface area contributed by atoms with Gasteiger partial charge in [-0.1, -0.05) is 66.7 Å². The predicted molar refractivity (Wildman–Crippen MR) is 132 cm³/mol. The number of nitrogens with zero attached hydrogens (tertiary/aromatic N) is 5. The van der Waals surface area contributed by atoms with Crippen molar-refractivity contribution in [2.45, 2.75) is 24.9 Å². The molecule has 6 heteroatoms. The number of benzene rings is 2. The second-order valence-electron chi connectivity index (χ2n) is 8.60. The van der Waals surface area contributed by atoms with E-state index in [0.717, 1.165) is 18.7 Å². The molecule has 2 aromatic heterocycles. The molecule has 5 rings (SSSR count). The van der Waals surface area contributed by atoms with Gasteiger partial charge in [-0.15, -0.1) is 0 Å². The summed E-state index contributed by atoms with van der Waals surface area (Å²) in [4.78, 5) is 16.0. The van der Waals surface area contributed by atoms with Crippen molar-refractivity contribution >= 4 is 5.95 Å². The van der Waals surface area contributed by atoms with Gasteiger partial charge in [0.25, 0.3) is 0 Å². The number of nitrogens with one attached hydrogen (secondary N) is 1. The molecule has 2 aromatic carbocycles. The summed E-state index contributed by atoms with van der Waals surface area (Å²) in [5.41, 5.74) is 4.84. The van der Waals surface area contributed by atoms with Crippen molar-refractivity contribution in [1.82, 2.24) is 19.9 Å². The Labute approximate surface area is 200 Å². The highest BCUT2D eigenvalue weighted by Gasteiger charge is 2.34. The SMILES string of the molecule is Cc1cnc(NC2CN(C(c3ccccc3)c3ccccc3)C2)nc1C(C#N)c1ccccn1. The number of likely N-dealkylation sites (tertiary alicyclic amines) is 1. The Balaban J connectivity index is 1.32. The van der Waals surface area contributed by atoms with Crippen molar-refractivity contribution in [1.29, 1.82) is 5.26 Å². The van der Waals surface area contributed by atoms with Crippen LogP contribution in [-0.2, 0) is 0 Å². The molecule has 3 heterocycles. The van der Waals surface area contributed by atoms with E-state index >= 15 is 0 Å². The van der Waals surface area contributed by atoms with Gasteiger partial charge in [0, 0.05) is 25.5 Å². The van der Waals surface area contributed by atoms with Crippen LogP contribution in [0.2, 0.25) is 0 Å². The van der Waals surface area contributed by atoms with Crippen molar-refractivity contribution < 1.29 is 0 Å². The minimum Gasteiger partial charge on any atom is -0.349 e. The van der Waals surface area contributed by atoms with Crippen molar-refractivity contribution in [2.75, 3.05) is 18.4 Å². The van der Waals surface area contributed by atoms with Crippen LogP contribution in [0.4, 0.5) is 5.95 Å². The lowest BCUT2D eigenvalue weighted by atomic mass is 9.93. The first kappa shape index (κ1) is 21.7. The van der Waals surface area contributed by atoms with Crippen molar-refractivity contribution in [3.05, 3.63) is 119 Å². The average molecular weight is 447 g/mol. The zero-order chi connectivity index (χ0) is 23.3. The summed E-state index contributed by atoms with van der Waals surface area (Å²) in [6.45, 7) is 3.69. The number of aromatic nitrogens is 3. The Morgan fingerprint density at radius 1 is 0.912 bits per heavy atom. The highest BCUT2D eigenvalue weighted by Crippen LogP contribution is 2.33. The van der Waals surface area contributed by atoms with E-state index in [9.17, 15) is 5.26 Å². The molecule has 1 unspecified atom stereocenters. The van der Waals surface area contributed by atoms with E-state index in [1.807, 2.05) is 25.1 Å². The van der Waals surface area contributed by atoms with Crippen molar-refractivity contribution in [3.63, 3.8) is 0 Å². The summed E-state index contributed by atoms with van der Waals surface area (Å²) >= 11 is 0. The van der Waals surface area contributed by atoms with Crippen LogP contribution in [0.15, 0.2) is 91.3 Å². The first-order chi connectivity index (χ1) is 16.7. The molecule has 1 saturated heterocycles. The molecule has 0 spiro atoms. The molecular formula is C28H26N6. The zero-order valence-corrected chi connectivity index (χ0v) is 19.0. The first-order valence-electron chi connectivity index (χ1n) is 11.5. The third kappa shape index (κ3) is 4.52. The van der Waals surface area contributed by atoms with Gasteiger partial charge in [-0.25, -0.2) is 9.97 Å². The second kappa shape index (κ2) is 9.82. The standard InChI is InChI=1S/C28H26N6/c1-20-17-31-28(33-26(20)24(16-29)25-14-8-9-15-30-25)32-23-18-34(19-23)27(21-10-4-2-5-11-21)22-12-6-3-7-13-22/h2-15,17,23-24,27H,18-19H2,1H3,(H,31,32,33). The number of hydrogen-bond donors (Lipinski definition) is 1. The maximum absolute atomic E-state index is 9.82. The molecule has 4 aromatic rings. The smallest absolute Gasteiger partial charge is 0.223 e. The Bertz CT molecular complexity index is 1230. The summed E-state index contributed by atoms with van der Waals surface area (Å²) in [7, 11) is 0. The van der Waals surface area contributed by atoms with Crippen LogP contribution < -0.4 is 5.32 Å². The molecule has 0 radical (unpaired) electrons. The molecule has 1 aliphatic rings. The molecule has 1 fully saturated rings. The predicted octanol–water partition coefficient (Wildman–Crippen LogP) is 4.72. The van der Waals surface area contributed by atoms with Crippen molar-refractivity contribution in [3.8, 4) is 6.07 Å². The van der Waals surface area contributed by atoms with Crippen LogP contribution in [0, 0.1) is 18.3 Å². The van der Waals surface area contributed by atoms with E-state index < -0.39 is 5.92 Å². The molecule has 0 bridgehead atoms. The zero-order valence-electron chi connectivity index (χ0n) is 19.0. The summed E-state index contributed by atoms with van der Waals surface area (Å²) in [6.07, 6.45) is 3.49. The van der Waals surface area contributed by atoms with Crippen LogP contribution in [-0.4, -0.2) is 39.0 Å². The Morgan fingerprint density at radius 2 is 1.56 bits per heavy atom. The van der Waals surface area contributed by atoms with E-state index in [4.69, 9.17) is 4.98 Å². The van der Waals surface area contributed by atoms with Crippen LogP contribution in [0.3, 0.4) is 0 Å². The molecule has 1 atom stereocenters. The molecule has 0 saturated carbocycles. The van der Waals surface area contributed by atoms with Crippen molar-refractivity contribution in [2.24, 2.45) is 0 Å². The lowest BCUT2D eigenvalue weighted by Gasteiger charge is -2.45. The fraction of sp³-hybridized carbons (Fsp3) is 0.214. The third-order valence-electron chi connectivity index (χ3n) is 6.24. The van der Waals surface area contributed by atoms with Crippen LogP contribution in [0.25, 0.3) is 0 Å². The monoisotopic (exact) mass is 446 g/mol. The van der Waals surface area contributed by atoms with E-state index in [0.29, 0.717) is 17.3 Å². The summed E-state index contributed by atoms with van der Waals surface area (Å²) in [6, 6.07) is 29.6. The number of pyridine rings is 1. The van der Waals surface area contributed by atoms with Gasteiger partial charge in [-0.05, 0) is 35.7 Å². The molecule has 0 amide bonds. The van der Waals surface area contributed by atoms with E-state index in [1.54, 1.807) is 12.4 Å². The molecule has 168 valence electrons. The topological polar surface area (TPSA) is 77.7 Å². The number of hydrogen-bond acceptors (Lipinski definition) is 6. The summed E-state index contributed by atoms with van der Waals surface area (Å²) in [5, 5.41) is 13.3. The van der Waals surface area contributed by atoms with Gasteiger partial charge in [0.15, 0.2) is 0 Å². The van der Waals surface area contributed by atoms with Crippen LogP contribution >= 0.6 is 0 Å². The highest BCUT2D eigenvalue weighted by molar-refractivity contribution is 5.40. The first-order valence-corrected chi connectivity index (χ1v) is 11.5. The third-order valence-corrected chi connectivity index (χ3v) is 6.24. The average Bonchev–Trinajstić information content (AvgIpc) is 2.87. The normalized spacial score (nSPS) is 14.9. The summed E-state index contributed by atoms with van der Waals surface area (Å²) in [5.74, 6) is 0.0283. The fourth-order valence-electron chi connectivity index (χ4n) is 4.51. The lowest BCUT2D eigenvalue weighted by Crippen LogP contribution is -2.56. The second-order valence-corrected chi connectivity index (χ2v) is 8.60. The van der Waals surface area contributed by atoms with Crippen LogP contribution in [0.5, 0.6) is 0 Å². The molecular weight excluding hydrogens is 420 g/mol. The lowest BCUT2D eigenvalue weighted by molar-refractivity contribution is 0.123. The van der Waals surface area contributed by atoms with Gasteiger partial charge in [0.2, 0.25) is 5.95 Å². The van der Waals surface area contributed by atoms with Gasteiger partial charge >= 0.3 is 0 Å². The molecule has 1 aliphatic heterocycles. The van der Waals surface area contributed by atoms with E-state index in [1.165, 1.54) is 11.1 Å². The summed E-state index contributed by atoms with van der Waals surface area (Å²) < 4.78 is 0. The Kier molecular flexibility index (Phi) is 6.28. The van der Waals surface area contributed by atoms with Gasteiger partial charge in [-0.3, -0.25) is 9.88 Å². The van der Waals surface area contributed by atoms with Gasteiger partial charge in [-0.2, -0.15) is 5.26 Å². The molecule has 0 aliphatic carbocycles. The number of aryl methyl sites for hydroxylation is 1. The van der Waals surface area contributed by atoms with E-state index in [-0.39, 0.29) is 12.1 Å². The molecule has 34 heavy (non-hydrogen) atoms. The number of rotatable bonds is 7. The minimum atomic E-state index is -0.525. The number of anilines is 1. The largest absolute Gasteiger partial charge is 0.349 e. The van der Waals surface area contributed by atoms with Gasteiger partial charge in [0.05, 0.1) is 29.5 Å². The maximum atomic E-state index is 9.82. The molecule has 6 nitrogen and oxygen atoms in total. The van der Waals surface area contributed by atoms with Crippen LogP contribution in [0.1, 0.15) is 40.0 Å². The van der Waals surface area contributed by atoms with Gasteiger partial charge < -0.3 is 5.32 Å². The van der Waals surface area contributed by atoms with Gasteiger partial charge in [0.1, 0.15) is 5.92 Å². The minimum absolute atomic E-state index is 0.210.